The molecular weight excluding hydrogens is 442 g/mol. The number of hydrogen-bond donors (Lipinski definition) is 0. The highest BCUT2D eigenvalue weighted by molar-refractivity contribution is 7.15. The van der Waals surface area contributed by atoms with E-state index in [-0.39, 0.29) is 11.0 Å². The zero-order valence-corrected chi connectivity index (χ0v) is 20.2. The Kier molecular flexibility index (Phi) is 5.75. The SMILES string of the molecule is CC(C)(C)c1ccc(-c2nc3s/c(=C\c4ccc(OCc5ccccc5)cc4)c(=O)n3n2)cc1. The van der Waals surface area contributed by atoms with Gasteiger partial charge < -0.3 is 4.74 Å². The van der Waals surface area contributed by atoms with Gasteiger partial charge in [-0.25, -0.2) is 0 Å². The van der Waals surface area contributed by atoms with Gasteiger partial charge >= 0.3 is 0 Å². The first-order valence-corrected chi connectivity index (χ1v) is 12.0. The van der Waals surface area contributed by atoms with Gasteiger partial charge in [0.2, 0.25) is 4.96 Å². The van der Waals surface area contributed by atoms with Crippen LogP contribution < -0.4 is 14.8 Å². The Labute approximate surface area is 202 Å². The molecule has 6 heteroatoms. The Morgan fingerprint density at radius 1 is 0.941 bits per heavy atom. The molecule has 0 aliphatic heterocycles. The van der Waals surface area contributed by atoms with E-state index in [0.717, 1.165) is 22.4 Å². The molecular formula is C28H25N3O2S. The summed E-state index contributed by atoms with van der Waals surface area (Å²) >= 11 is 1.34. The van der Waals surface area contributed by atoms with Crippen molar-refractivity contribution in [3.8, 4) is 17.1 Å². The lowest BCUT2D eigenvalue weighted by Crippen LogP contribution is -2.23. The highest BCUT2D eigenvalue weighted by atomic mass is 32.1. The minimum absolute atomic E-state index is 0.0830. The maximum Gasteiger partial charge on any atom is 0.291 e. The molecule has 0 unspecified atom stereocenters. The van der Waals surface area contributed by atoms with E-state index >= 15 is 0 Å². The van der Waals surface area contributed by atoms with E-state index in [4.69, 9.17) is 4.74 Å². The van der Waals surface area contributed by atoms with Crippen LogP contribution in [0.15, 0.2) is 83.7 Å². The normalized spacial score (nSPS) is 12.4. The molecule has 0 amide bonds. The summed E-state index contributed by atoms with van der Waals surface area (Å²) in [5.74, 6) is 1.35. The fraction of sp³-hybridized carbons (Fsp3) is 0.179. The molecule has 2 aromatic heterocycles. The maximum absolute atomic E-state index is 12.9. The summed E-state index contributed by atoms with van der Waals surface area (Å²) in [7, 11) is 0. The lowest BCUT2D eigenvalue weighted by Gasteiger charge is -2.18. The molecule has 0 spiro atoms. The fourth-order valence-corrected chi connectivity index (χ4v) is 4.54. The van der Waals surface area contributed by atoms with Crippen LogP contribution in [-0.2, 0) is 12.0 Å². The van der Waals surface area contributed by atoms with E-state index < -0.39 is 0 Å². The number of hydrogen-bond acceptors (Lipinski definition) is 5. The second kappa shape index (κ2) is 8.88. The molecule has 170 valence electrons. The van der Waals surface area contributed by atoms with Gasteiger partial charge in [-0.3, -0.25) is 4.79 Å². The second-order valence-electron chi connectivity index (χ2n) is 9.22. The van der Waals surface area contributed by atoms with Gasteiger partial charge in [0.05, 0.1) is 4.53 Å². The molecule has 3 aromatic carbocycles. The van der Waals surface area contributed by atoms with Crippen LogP contribution in [0, 0.1) is 0 Å². The van der Waals surface area contributed by atoms with Crippen molar-refractivity contribution in [3.63, 3.8) is 0 Å². The third kappa shape index (κ3) is 4.63. The average molecular weight is 468 g/mol. The molecule has 0 saturated carbocycles. The largest absolute Gasteiger partial charge is 0.489 e. The summed E-state index contributed by atoms with van der Waals surface area (Å²) in [6, 6.07) is 26.0. The highest BCUT2D eigenvalue weighted by Crippen LogP contribution is 2.25. The van der Waals surface area contributed by atoms with Crippen LogP contribution in [0.1, 0.15) is 37.5 Å². The van der Waals surface area contributed by atoms with Gasteiger partial charge in [0.25, 0.3) is 5.56 Å². The number of rotatable bonds is 5. The third-order valence-corrected chi connectivity index (χ3v) is 6.58. The van der Waals surface area contributed by atoms with Crippen LogP contribution in [0.25, 0.3) is 22.4 Å². The lowest BCUT2D eigenvalue weighted by molar-refractivity contribution is 0.306. The Balaban J connectivity index is 1.35. The van der Waals surface area contributed by atoms with Crippen molar-refractivity contribution in [3.05, 3.63) is 110 Å². The van der Waals surface area contributed by atoms with E-state index in [0.29, 0.717) is 21.9 Å². The monoisotopic (exact) mass is 467 g/mol. The molecule has 0 fully saturated rings. The molecule has 2 heterocycles. The summed E-state index contributed by atoms with van der Waals surface area (Å²) < 4.78 is 7.83. The smallest absolute Gasteiger partial charge is 0.291 e. The van der Waals surface area contributed by atoms with Crippen LogP contribution in [-0.4, -0.2) is 14.6 Å². The van der Waals surface area contributed by atoms with Crippen LogP contribution in [0.5, 0.6) is 5.75 Å². The van der Waals surface area contributed by atoms with E-state index in [2.05, 4.69) is 43.0 Å². The Morgan fingerprint density at radius 3 is 2.29 bits per heavy atom. The summed E-state index contributed by atoms with van der Waals surface area (Å²) in [6.45, 7) is 7.06. The molecule has 0 aliphatic carbocycles. The molecule has 0 atom stereocenters. The van der Waals surface area contributed by atoms with Crippen molar-refractivity contribution < 1.29 is 4.74 Å². The molecule has 5 aromatic rings. The van der Waals surface area contributed by atoms with Crippen LogP contribution >= 0.6 is 11.3 Å². The number of nitrogens with zero attached hydrogens (tertiary/aromatic N) is 3. The van der Waals surface area contributed by atoms with Gasteiger partial charge in [0.1, 0.15) is 12.4 Å². The van der Waals surface area contributed by atoms with Gasteiger partial charge in [-0.2, -0.15) is 9.50 Å². The van der Waals surface area contributed by atoms with Crippen LogP contribution in [0.2, 0.25) is 0 Å². The Bertz CT molecular complexity index is 1530. The summed E-state index contributed by atoms with van der Waals surface area (Å²) in [5.41, 5.74) is 4.11. The molecule has 34 heavy (non-hydrogen) atoms. The Hall–Kier alpha value is -3.77. The van der Waals surface area contributed by atoms with E-state index in [1.165, 1.54) is 21.4 Å². The van der Waals surface area contributed by atoms with Crippen molar-refractivity contribution in [2.45, 2.75) is 32.8 Å². The molecule has 5 rings (SSSR count). The quantitative estimate of drug-likeness (QED) is 0.355. The van der Waals surface area contributed by atoms with E-state index in [9.17, 15) is 4.79 Å². The van der Waals surface area contributed by atoms with Crippen molar-refractivity contribution in [2.24, 2.45) is 0 Å². The number of fused-ring (bicyclic) bond motifs is 1. The second-order valence-corrected chi connectivity index (χ2v) is 10.2. The minimum atomic E-state index is -0.158. The van der Waals surface area contributed by atoms with Gasteiger partial charge in [-0.05, 0) is 40.3 Å². The average Bonchev–Trinajstić information content (AvgIpc) is 3.38. The molecule has 5 nitrogen and oxygen atoms in total. The minimum Gasteiger partial charge on any atom is -0.489 e. The van der Waals surface area contributed by atoms with E-state index in [1.807, 2.05) is 72.8 Å². The first kappa shape index (κ1) is 22.0. The topological polar surface area (TPSA) is 56.5 Å². The van der Waals surface area contributed by atoms with Gasteiger partial charge in [0.15, 0.2) is 5.82 Å². The van der Waals surface area contributed by atoms with Crippen molar-refractivity contribution in [1.29, 1.82) is 0 Å². The summed E-state index contributed by atoms with van der Waals surface area (Å²) in [6.07, 6.45) is 1.86. The predicted molar refractivity (Wildman–Crippen MR) is 137 cm³/mol. The number of aromatic nitrogens is 3. The third-order valence-electron chi connectivity index (χ3n) is 5.62. The number of benzene rings is 3. The standard InChI is InChI=1S/C28H25N3O2S/c1-28(2,3)22-13-11-21(12-14-22)25-29-27-31(30-25)26(32)24(34-27)17-19-9-15-23(16-10-19)33-18-20-7-5-4-6-8-20/h4-17H,18H2,1-3H3/b24-17-. The van der Waals surface area contributed by atoms with Crippen molar-refractivity contribution in [2.75, 3.05) is 0 Å². The zero-order valence-electron chi connectivity index (χ0n) is 19.4. The van der Waals surface area contributed by atoms with Crippen molar-refractivity contribution >= 4 is 22.4 Å². The molecule has 0 radical (unpaired) electrons. The highest BCUT2D eigenvalue weighted by Gasteiger charge is 2.15. The number of thiazole rings is 1. The lowest BCUT2D eigenvalue weighted by atomic mass is 9.87. The maximum atomic E-state index is 12.9. The number of ether oxygens (including phenoxy) is 1. The summed E-state index contributed by atoms with van der Waals surface area (Å²) in [5, 5.41) is 4.47. The van der Waals surface area contributed by atoms with Gasteiger partial charge in [-0.1, -0.05) is 98.8 Å². The van der Waals surface area contributed by atoms with Crippen molar-refractivity contribution in [1.82, 2.24) is 14.6 Å². The first-order chi connectivity index (χ1) is 16.4. The van der Waals surface area contributed by atoms with Gasteiger partial charge in [-0.15, -0.1) is 5.10 Å². The molecule has 0 N–H and O–H groups in total. The Morgan fingerprint density at radius 2 is 1.65 bits per heavy atom. The van der Waals surface area contributed by atoms with Crippen LogP contribution in [0.4, 0.5) is 0 Å². The predicted octanol–water partition coefficient (Wildman–Crippen LogP) is 5.24. The van der Waals surface area contributed by atoms with Gasteiger partial charge in [0, 0.05) is 5.56 Å². The first-order valence-electron chi connectivity index (χ1n) is 11.2. The molecule has 0 aliphatic rings. The molecule has 0 bridgehead atoms. The fourth-order valence-electron chi connectivity index (χ4n) is 3.63. The summed E-state index contributed by atoms with van der Waals surface area (Å²) in [4.78, 5) is 18.1. The molecule has 0 saturated heterocycles. The zero-order chi connectivity index (χ0) is 23.7. The van der Waals surface area contributed by atoms with E-state index in [1.54, 1.807) is 0 Å². The van der Waals surface area contributed by atoms with Crippen LogP contribution in [0.3, 0.4) is 0 Å².